The van der Waals surface area contributed by atoms with Crippen LogP contribution in [0.15, 0.2) is 24.3 Å². The van der Waals surface area contributed by atoms with E-state index in [9.17, 15) is 4.79 Å². The molecule has 0 fully saturated rings. The van der Waals surface area contributed by atoms with E-state index in [1.807, 2.05) is 24.3 Å². The van der Waals surface area contributed by atoms with E-state index in [-0.39, 0.29) is 6.10 Å². The third-order valence-corrected chi connectivity index (χ3v) is 4.84. The number of fused-ring (bicyclic) bond motifs is 1. The van der Waals surface area contributed by atoms with Gasteiger partial charge in [0.15, 0.2) is 0 Å². The Balaban J connectivity index is 2.02. The first kappa shape index (κ1) is 13.6. The minimum absolute atomic E-state index is 0.00180. The van der Waals surface area contributed by atoms with Crippen molar-refractivity contribution in [1.29, 1.82) is 0 Å². The highest BCUT2D eigenvalue weighted by atomic mass is 35.5. The molecule has 0 radical (unpaired) electrons. The van der Waals surface area contributed by atoms with Crippen LogP contribution in [0.2, 0.25) is 5.02 Å². The summed E-state index contributed by atoms with van der Waals surface area (Å²) in [6.45, 7) is 0.477. The number of hydrogen-bond acceptors (Lipinski definition) is 4. The van der Waals surface area contributed by atoms with E-state index in [0.717, 1.165) is 39.3 Å². The Morgan fingerprint density at radius 1 is 1.40 bits per heavy atom. The Labute approximate surface area is 126 Å². The summed E-state index contributed by atoms with van der Waals surface area (Å²) in [6.07, 6.45) is 2.17. The van der Waals surface area contributed by atoms with Crippen molar-refractivity contribution in [3.63, 3.8) is 0 Å². The van der Waals surface area contributed by atoms with Gasteiger partial charge in [-0.05, 0) is 23.8 Å². The average Bonchev–Trinajstić information content (AvgIpc) is 3.07. The first-order valence-electron chi connectivity index (χ1n) is 6.43. The second-order valence-electron chi connectivity index (χ2n) is 4.72. The van der Waals surface area contributed by atoms with Gasteiger partial charge < -0.3 is 15.3 Å². The maximum absolute atomic E-state index is 10.6. The van der Waals surface area contributed by atoms with Gasteiger partial charge in [0.25, 0.3) is 0 Å². The van der Waals surface area contributed by atoms with E-state index in [1.165, 1.54) is 0 Å². The molecule has 2 heterocycles. The molecule has 1 aliphatic heterocycles. The minimum atomic E-state index is -0.00180. The molecule has 0 amide bonds. The molecule has 0 spiro atoms. The Morgan fingerprint density at radius 3 is 3.00 bits per heavy atom. The summed E-state index contributed by atoms with van der Waals surface area (Å²) in [6, 6.07) is 7.90. The van der Waals surface area contributed by atoms with E-state index in [1.54, 1.807) is 11.3 Å². The highest BCUT2D eigenvalue weighted by molar-refractivity contribution is 7.15. The number of carbonyl (C=O) groups is 1. The molecule has 1 aromatic carbocycles. The van der Waals surface area contributed by atoms with E-state index in [2.05, 4.69) is 0 Å². The van der Waals surface area contributed by atoms with Gasteiger partial charge in [0.1, 0.15) is 18.1 Å². The minimum Gasteiger partial charge on any atom is -0.487 e. The highest BCUT2D eigenvalue weighted by Crippen LogP contribution is 2.43. The third kappa shape index (κ3) is 2.35. The molecule has 104 valence electrons. The van der Waals surface area contributed by atoms with Crippen LogP contribution in [0.4, 0.5) is 0 Å². The van der Waals surface area contributed by atoms with Gasteiger partial charge in [-0.15, -0.1) is 11.3 Å². The first-order valence-corrected chi connectivity index (χ1v) is 7.63. The molecule has 3 rings (SSSR count). The van der Waals surface area contributed by atoms with Gasteiger partial charge in [0.2, 0.25) is 0 Å². The summed E-state index contributed by atoms with van der Waals surface area (Å²) >= 11 is 7.83. The van der Waals surface area contributed by atoms with Crippen LogP contribution >= 0.6 is 22.9 Å². The lowest BCUT2D eigenvalue weighted by molar-refractivity contribution is -0.107. The van der Waals surface area contributed by atoms with Gasteiger partial charge in [-0.1, -0.05) is 17.7 Å². The summed E-state index contributed by atoms with van der Waals surface area (Å²) < 4.78 is 5.79. The van der Waals surface area contributed by atoms with Gasteiger partial charge in [0, 0.05) is 34.7 Å². The fourth-order valence-corrected chi connectivity index (χ4v) is 3.67. The quantitative estimate of drug-likeness (QED) is 0.883. The molecule has 5 heteroatoms. The summed E-state index contributed by atoms with van der Waals surface area (Å²) in [4.78, 5) is 12.8. The number of carbonyl (C=O) groups excluding carboxylic acids is 1. The maximum atomic E-state index is 10.6. The zero-order valence-electron chi connectivity index (χ0n) is 10.8. The van der Waals surface area contributed by atoms with Gasteiger partial charge in [0.05, 0.1) is 5.02 Å². The van der Waals surface area contributed by atoms with Crippen molar-refractivity contribution in [3.8, 4) is 16.2 Å². The Morgan fingerprint density at radius 2 is 2.25 bits per heavy atom. The topological polar surface area (TPSA) is 52.3 Å². The molecule has 2 aromatic rings. The van der Waals surface area contributed by atoms with Crippen molar-refractivity contribution in [2.24, 2.45) is 5.73 Å². The summed E-state index contributed by atoms with van der Waals surface area (Å²) in [5.41, 5.74) is 7.94. The Hall–Kier alpha value is -1.36. The first-order chi connectivity index (χ1) is 9.72. The number of hydrogen-bond donors (Lipinski definition) is 1. The van der Waals surface area contributed by atoms with Gasteiger partial charge in [-0.2, -0.15) is 0 Å². The second-order valence-corrected chi connectivity index (χ2v) is 6.29. The van der Waals surface area contributed by atoms with Gasteiger partial charge in [-0.25, -0.2) is 0 Å². The molecular weight excluding hydrogens is 294 g/mol. The Kier molecular flexibility index (Phi) is 3.78. The van der Waals surface area contributed by atoms with Gasteiger partial charge in [-0.3, -0.25) is 0 Å². The van der Waals surface area contributed by atoms with Crippen LogP contribution in [-0.2, 0) is 17.6 Å². The lowest BCUT2D eigenvalue weighted by atomic mass is 10.0. The van der Waals surface area contributed by atoms with Crippen LogP contribution in [0.1, 0.15) is 10.4 Å². The van der Waals surface area contributed by atoms with Gasteiger partial charge >= 0.3 is 0 Å². The average molecular weight is 308 g/mol. The Bertz CT molecular complexity index is 653. The van der Waals surface area contributed by atoms with E-state index < -0.39 is 0 Å². The van der Waals surface area contributed by atoms with Crippen molar-refractivity contribution in [1.82, 2.24) is 0 Å². The molecule has 0 bridgehead atoms. The standard InChI is InChI=1S/C15H14ClNO2S/c16-13-3-2-11(12-7-9(8-17)19-15(12)13)14-4-1-10(20-14)5-6-18/h1-4,6,9H,5,7-8,17H2. The number of benzene rings is 1. The monoisotopic (exact) mass is 307 g/mol. The number of thiophene rings is 1. The molecule has 0 aliphatic carbocycles. The normalized spacial score (nSPS) is 16.8. The molecule has 0 saturated carbocycles. The fourth-order valence-electron chi connectivity index (χ4n) is 2.44. The molecule has 2 N–H and O–H groups in total. The van der Waals surface area contributed by atoms with Crippen molar-refractivity contribution >= 4 is 29.2 Å². The van der Waals surface area contributed by atoms with Crippen LogP contribution in [0.3, 0.4) is 0 Å². The predicted octanol–water partition coefficient (Wildman–Crippen LogP) is 3.07. The number of ether oxygens (including phenoxy) is 1. The lowest BCUT2D eigenvalue weighted by Crippen LogP contribution is -2.24. The van der Waals surface area contributed by atoms with Crippen LogP contribution in [0.5, 0.6) is 5.75 Å². The smallest absolute Gasteiger partial charge is 0.142 e. The molecule has 20 heavy (non-hydrogen) atoms. The van der Waals surface area contributed by atoms with Crippen LogP contribution in [-0.4, -0.2) is 18.9 Å². The molecular formula is C15H14ClNO2S. The van der Waals surface area contributed by atoms with Crippen molar-refractivity contribution in [2.75, 3.05) is 6.54 Å². The second kappa shape index (κ2) is 5.56. The highest BCUT2D eigenvalue weighted by Gasteiger charge is 2.27. The molecule has 1 unspecified atom stereocenters. The molecule has 0 saturated heterocycles. The van der Waals surface area contributed by atoms with Crippen molar-refractivity contribution < 1.29 is 9.53 Å². The predicted molar refractivity (Wildman–Crippen MR) is 81.7 cm³/mol. The van der Waals surface area contributed by atoms with Crippen LogP contribution in [0, 0.1) is 0 Å². The molecule has 3 nitrogen and oxygen atoms in total. The largest absolute Gasteiger partial charge is 0.487 e. The molecule has 1 aromatic heterocycles. The number of aldehydes is 1. The maximum Gasteiger partial charge on any atom is 0.142 e. The summed E-state index contributed by atoms with van der Waals surface area (Å²) in [5.74, 6) is 0.755. The summed E-state index contributed by atoms with van der Waals surface area (Å²) in [7, 11) is 0. The van der Waals surface area contributed by atoms with Crippen LogP contribution < -0.4 is 10.5 Å². The fraction of sp³-hybridized carbons (Fsp3) is 0.267. The summed E-state index contributed by atoms with van der Waals surface area (Å²) in [5, 5.41) is 0.629. The lowest BCUT2D eigenvalue weighted by Gasteiger charge is -2.07. The van der Waals surface area contributed by atoms with Crippen molar-refractivity contribution in [3.05, 3.63) is 39.7 Å². The molecule has 1 aliphatic rings. The molecule has 1 atom stereocenters. The zero-order chi connectivity index (χ0) is 14.1. The van der Waals surface area contributed by atoms with Crippen molar-refractivity contribution in [2.45, 2.75) is 18.9 Å². The number of rotatable bonds is 4. The van der Waals surface area contributed by atoms with E-state index >= 15 is 0 Å². The number of nitrogens with two attached hydrogens (primary N) is 1. The van der Waals surface area contributed by atoms with Crippen LogP contribution in [0.25, 0.3) is 10.4 Å². The van der Waals surface area contributed by atoms with E-state index in [4.69, 9.17) is 22.1 Å². The zero-order valence-corrected chi connectivity index (χ0v) is 12.3. The van der Waals surface area contributed by atoms with E-state index in [0.29, 0.717) is 18.0 Å². The number of halogens is 1. The third-order valence-electron chi connectivity index (χ3n) is 3.40. The SMILES string of the molecule is NCC1Cc2c(-c3ccc(CC=O)s3)ccc(Cl)c2O1.